The molecule has 102 valence electrons. The van der Waals surface area contributed by atoms with E-state index in [1.165, 1.54) is 25.7 Å². The fourth-order valence-electron chi connectivity index (χ4n) is 2.93. The first-order chi connectivity index (χ1) is 9.33. The molecule has 3 rings (SSSR count). The minimum atomic E-state index is 0.604. The third-order valence-electron chi connectivity index (χ3n) is 3.96. The van der Waals surface area contributed by atoms with Crippen LogP contribution in [0.3, 0.4) is 0 Å². The molecule has 0 radical (unpaired) electrons. The van der Waals surface area contributed by atoms with Crippen LogP contribution in [0.2, 0.25) is 0 Å². The zero-order valence-corrected chi connectivity index (χ0v) is 11.7. The minimum absolute atomic E-state index is 0.604. The van der Waals surface area contributed by atoms with Gasteiger partial charge in [0.25, 0.3) is 5.65 Å². The number of hydrogen-bond donors (Lipinski definition) is 2. The van der Waals surface area contributed by atoms with E-state index in [4.69, 9.17) is 4.98 Å². The molecule has 0 spiro atoms. The second-order valence-electron chi connectivity index (χ2n) is 5.21. The Balaban J connectivity index is 2.09. The Morgan fingerprint density at radius 3 is 2.84 bits per heavy atom. The summed E-state index contributed by atoms with van der Waals surface area (Å²) < 4.78 is 2.10. The number of imidazole rings is 1. The fraction of sp³-hybridized carbons (Fsp3) is 0.643. The average molecular weight is 260 g/mol. The normalized spacial score (nSPS) is 16.3. The fourth-order valence-corrected chi connectivity index (χ4v) is 2.93. The maximum Gasteiger partial charge on any atom is 0.293 e. The van der Waals surface area contributed by atoms with Gasteiger partial charge in [0.2, 0.25) is 12.1 Å². The molecule has 5 heteroatoms. The zero-order chi connectivity index (χ0) is 13.2. The largest absolute Gasteiger partial charge is 0.355 e. The molecule has 2 aromatic heterocycles. The Hall–Kier alpha value is -1.65. The Morgan fingerprint density at radius 2 is 2.16 bits per heavy atom. The van der Waals surface area contributed by atoms with E-state index in [9.17, 15) is 0 Å². The van der Waals surface area contributed by atoms with Gasteiger partial charge in [0.1, 0.15) is 0 Å². The molecule has 0 saturated heterocycles. The highest BCUT2D eigenvalue weighted by molar-refractivity contribution is 5.80. The molecule has 0 unspecified atom stereocenters. The van der Waals surface area contributed by atoms with Gasteiger partial charge in [0.15, 0.2) is 11.3 Å². The summed E-state index contributed by atoms with van der Waals surface area (Å²) in [6.07, 6.45) is 7.05. The summed E-state index contributed by atoms with van der Waals surface area (Å²) in [5.74, 6) is 2.66. The van der Waals surface area contributed by atoms with Gasteiger partial charge in [-0.1, -0.05) is 22.8 Å². The second-order valence-corrected chi connectivity index (χ2v) is 5.21. The molecular formula is C14H22N5+. The summed E-state index contributed by atoms with van der Waals surface area (Å²) in [5.41, 5.74) is 2.07. The number of aromatic nitrogens is 4. The number of hydrogen-bond acceptors (Lipinski definition) is 3. The molecule has 0 aliphatic heterocycles. The number of rotatable bonds is 4. The molecule has 5 nitrogen and oxygen atoms in total. The summed E-state index contributed by atoms with van der Waals surface area (Å²) in [5, 5.41) is 3.31. The number of anilines is 1. The predicted molar refractivity (Wildman–Crippen MR) is 75.1 cm³/mol. The first-order valence-electron chi connectivity index (χ1n) is 7.35. The summed E-state index contributed by atoms with van der Waals surface area (Å²) in [6.45, 7) is 5.97. The molecule has 19 heavy (non-hydrogen) atoms. The van der Waals surface area contributed by atoms with Gasteiger partial charge in [-0.2, -0.15) is 0 Å². The number of aromatic amines is 1. The van der Waals surface area contributed by atoms with Crippen molar-refractivity contribution in [1.82, 2.24) is 15.0 Å². The van der Waals surface area contributed by atoms with E-state index < -0.39 is 0 Å². The van der Waals surface area contributed by atoms with Crippen LogP contribution in [0, 0.1) is 0 Å². The van der Waals surface area contributed by atoms with E-state index in [1.807, 2.05) is 6.33 Å². The number of nitrogens with one attached hydrogen (secondary N) is 2. The highest BCUT2D eigenvalue weighted by Gasteiger charge is 2.26. The number of nitrogens with zero attached hydrogens (tertiary/aromatic N) is 3. The van der Waals surface area contributed by atoms with Gasteiger partial charge in [0.05, 0.1) is 6.54 Å². The van der Waals surface area contributed by atoms with Crippen molar-refractivity contribution in [3.05, 3.63) is 12.2 Å². The molecule has 1 aliphatic rings. The smallest absolute Gasteiger partial charge is 0.293 e. The van der Waals surface area contributed by atoms with Crippen molar-refractivity contribution in [2.45, 2.75) is 52.0 Å². The Morgan fingerprint density at radius 1 is 1.37 bits per heavy atom. The summed E-state index contributed by atoms with van der Waals surface area (Å²) >= 11 is 0. The molecule has 1 fully saturated rings. The first-order valence-corrected chi connectivity index (χ1v) is 7.35. The van der Waals surface area contributed by atoms with Crippen LogP contribution in [0.25, 0.3) is 11.2 Å². The van der Waals surface area contributed by atoms with Crippen LogP contribution in [0.5, 0.6) is 0 Å². The van der Waals surface area contributed by atoms with Gasteiger partial charge in [0, 0.05) is 12.5 Å². The van der Waals surface area contributed by atoms with Gasteiger partial charge in [-0.3, -0.25) is 0 Å². The molecule has 0 amide bonds. The number of aryl methyl sites for hydroxylation is 1. The lowest BCUT2D eigenvalue weighted by Crippen LogP contribution is -2.34. The van der Waals surface area contributed by atoms with Crippen molar-refractivity contribution in [2.75, 3.05) is 11.9 Å². The van der Waals surface area contributed by atoms with E-state index in [1.54, 1.807) is 0 Å². The maximum absolute atomic E-state index is 4.84. The summed E-state index contributed by atoms with van der Waals surface area (Å²) in [6, 6.07) is 0. The monoisotopic (exact) mass is 260 g/mol. The number of H-pyrrole nitrogens is 1. The number of fused-ring (bicyclic) bond motifs is 1. The third kappa shape index (κ3) is 2.17. The zero-order valence-electron chi connectivity index (χ0n) is 11.7. The molecule has 2 aromatic rings. The maximum atomic E-state index is 4.84. The van der Waals surface area contributed by atoms with Crippen molar-refractivity contribution in [1.29, 1.82) is 0 Å². The van der Waals surface area contributed by atoms with Crippen LogP contribution < -0.4 is 9.88 Å². The first kappa shape index (κ1) is 12.4. The highest BCUT2D eigenvalue weighted by atomic mass is 15.2. The van der Waals surface area contributed by atoms with Gasteiger partial charge < -0.3 is 10.3 Å². The van der Waals surface area contributed by atoms with Crippen LogP contribution in [0.4, 0.5) is 5.82 Å². The van der Waals surface area contributed by atoms with Gasteiger partial charge in [-0.25, -0.2) is 4.57 Å². The summed E-state index contributed by atoms with van der Waals surface area (Å²) in [7, 11) is 0. The quantitative estimate of drug-likeness (QED) is 0.830. The highest BCUT2D eigenvalue weighted by Crippen LogP contribution is 2.33. The Labute approximate surface area is 113 Å². The van der Waals surface area contributed by atoms with Crippen molar-refractivity contribution in [3.8, 4) is 0 Å². The Kier molecular flexibility index (Phi) is 3.36. The lowest BCUT2D eigenvalue weighted by Gasteiger charge is -2.01. The molecule has 0 aromatic carbocycles. The van der Waals surface area contributed by atoms with Crippen LogP contribution in [-0.4, -0.2) is 21.5 Å². The van der Waals surface area contributed by atoms with Crippen LogP contribution in [-0.2, 0) is 6.54 Å². The van der Waals surface area contributed by atoms with E-state index in [2.05, 4.69) is 33.7 Å². The van der Waals surface area contributed by atoms with Crippen LogP contribution >= 0.6 is 0 Å². The van der Waals surface area contributed by atoms with E-state index >= 15 is 0 Å². The van der Waals surface area contributed by atoms with Gasteiger partial charge >= 0.3 is 0 Å². The third-order valence-corrected chi connectivity index (χ3v) is 3.96. The molecule has 1 aliphatic carbocycles. The van der Waals surface area contributed by atoms with Crippen molar-refractivity contribution in [3.63, 3.8) is 0 Å². The van der Waals surface area contributed by atoms with E-state index in [-0.39, 0.29) is 0 Å². The van der Waals surface area contributed by atoms with Crippen LogP contribution in [0.15, 0.2) is 6.33 Å². The van der Waals surface area contributed by atoms with Crippen molar-refractivity contribution >= 4 is 17.0 Å². The SMILES string of the molecule is CCNc1nc[n+](CC)c2nc(C3CCCC3)[nH]c12. The molecule has 2 heterocycles. The van der Waals surface area contributed by atoms with Crippen LogP contribution in [0.1, 0.15) is 51.3 Å². The predicted octanol–water partition coefficient (Wildman–Crippen LogP) is 2.35. The molecular weight excluding hydrogens is 238 g/mol. The minimum Gasteiger partial charge on any atom is -0.355 e. The molecule has 0 bridgehead atoms. The van der Waals surface area contributed by atoms with E-state index in [0.717, 1.165) is 35.9 Å². The Bertz CT molecular complexity index is 568. The average Bonchev–Trinajstić information content (AvgIpc) is 3.08. The standard InChI is InChI=1S/C14H21N5/c1-3-15-13-11-14(19(4-2)9-16-13)18-12(17-11)10-7-5-6-8-10/h9-10H,3-8H2,1-2H3,(H,15,17,18)/p+1. The molecule has 1 saturated carbocycles. The lowest BCUT2D eigenvalue weighted by molar-refractivity contribution is -0.672. The van der Waals surface area contributed by atoms with Gasteiger partial charge in [-0.05, 0) is 26.7 Å². The van der Waals surface area contributed by atoms with Crippen molar-refractivity contribution < 1.29 is 4.57 Å². The van der Waals surface area contributed by atoms with Crippen molar-refractivity contribution in [2.24, 2.45) is 0 Å². The molecule has 0 atom stereocenters. The lowest BCUT2D eigenvalue weighted by atomic mass is 10.1. The van der Waals surface area contributed by atoms with Gasteiger partial charge in [-0.15, -0.1) is 0 Å². The topological polar surface area (TPSA) is 57.5 Å². The molecule has 2 N–H and O–H groups in total. The van der Waals surface area contributed by atoms with E-state index in [0.29, 0.717) is 5.92 Å². The summed E-state index contributed by atoms with van der Waals surface area (Å²) in [4.78, 5) is 12.8. The second kappa shape index (κ2) is 5.15.